The van der Waals surface area contributed by atoms with Crippen molar-refractivity contribution in [1.82, 2.24) is 14.7 Å². The number of fused-ring (bicyclic) bond motifs is 1. The fraction of sp³-hybridized carbons (Fsp3) is 0.409. The SMILES string of the molecule is CN1CCN(COC(=O)N2CCc3ccccc3[C@@H]2c2ccc(F)cc2)CC1. The van der Waals surface area contributed by atoms with Crippen LogP contribution < -0.4 is 0 Å². The van der Waals surface area contributed by atoms with Gasteiger partial charge in [0.15, 0.2) is 0 Å². The van der Waals surface area contributed by atoms with E-state index in [1.807, 2.05) is 18.2 Å². The molecule has 0 saturated carbocycles. The van der Waals surface area contributed by atoms with Gasteiger partial charge >= 0.3 is 6.09 Å². The van der Waals surface area contributed by atoms with Gasteiger partial charge in [-0.25, -0.2) is 9.18 Å². The molecule has 1 saturated heterocycles. The Morgan fingerprint density at radius 2 is 1.75 bits per heavy atom. The largest absolute Gasteiger partial charge is 0.433 e. The zero-order chi connectivity index (χ0) is 19.5. The first kappa shape index (κ1) is 18.9. The number of carbonyl (C=O) groups excluding carboxylic acids is 1. The van der Waals surface area contributed by atoms with Gasteiger partial charge in [0, 0.05) is 32.7 Å². The molecule has 0 aromatic heterocycles. The minimum absolute atomic E-state index is 0.259. The summed E-state index contributed by atoms with van der Waals surface area (Å²) in [6.45, 7) is 4.64. The third-order valence-electron chi connectivity index (χ3n) is 5.67. The monoisotopic (exact) mass is 383 g/mol. The van der Waals surface area contributed by atoms with Gasteiger partial charge in [0.25, 0.3) is 0 Å². The van der Waals surface area contributed by atoms with Gasteiger partial charge in [0.1, 0.15) is 12.5 Å². The molecule has 0 bridgehead atoms. The van der Waals surface area contributed by atoms with Crippen molar-refractivity contribution in [3.63, 3.8) is 0 Å². The number of halogens is 1. The summed E-state index contributed by atoms with van der Waals surface area (Å²) in [7, 11) is 2.10. The number of hydrogen-bond donors (Lipinski definition) is 0. The third-order valence-corrected chi connectivity index (χ3v) is 5.67. The number of hydrogen-bond acceptors (Lipinski definition) is 4. The molecule has 2 aromatic carbocycles. The van der Waals surface area contributed by atoms with Gasteiger partial charge in [-0.05, 0) is 42.3 Å². The molecular formula is C22H26FN3O2. The van der Waals surface area contributed by atoms with Crippen molar-refractivity contribution in [3.05, 3.63) is 71.0 Å². The molecule has 4 rings (SSSR count). The Kier molecular flexibility index (Phi) is 5.59. The Bertz CT molecular complexity index is 819. The maximum absolute atomic E-state index is 13.4. The lowest BCUT2D eigenvalue weighted by molar-refractivity contribution is 0.0191. The molecular weight excluding hydrogens is 357 g/mol. The standard InChI is InChI=1S/C22H26FN3O2/c1-24-12-14-25(15-13-24)16-28-22(27)26-11-10-17-4-2-3-5-20(17)21(26)18-6-8-19(23)9-7-18/h2-9,21H,10-16H2,1H3/t21-/m0/s1. The second kappa shape index (κ2) is 8.29. The van der Waals surface area contributed by atoms with Crippen molar-refractivity contribution in [2.45, 2.75) is 12.5 Å². The third kappa shape index (κ3) is 4.03. The predicted molar refractivity (Wildman–Crippen MR) is 106 cm³/mol. The van der Waals surface area contributed by atoms with Crippen molar-refractivity contribution in [2.75, 3.05) is 46.5 Å². The molecule has 1 amide bonds. The highest BCUT2D eigenvalue weighted by molar-refractivity contribution is 5.70. The fourth-order valence-electron chi connectivity index (χ4n) is 3.97. The Morgan fingerprint density at radius 1 is 1.04 bits per heavy atom. The van der Waals surface area contributed by atoms with Gasteiger partial charge in [-0.1, -0.05) is 36.4 Å². The molecule has 5 nitrogen and oxygen atoms in total. The summed E-state index contributed by atoms with van der Waals surface area (Å²) in [5, 5.41) is 0. The van der Waals surface area contributed by atoms with E-state index in [0.717, 1.165) is 43.7 Å². The van der Waals surface area contributed by atoms with Crippen LogP contribution in [0.2, 0.25) is 0 Å². The van der Waals surface area contributed by atoms with Crippen molar-refractivity contribution >= 4 is 6.09 Å². The van der Waals surface area contributed by atoms with Crippen LogP contribution in [0.5, 0.6) is 0 Å². The first-order valence-corrected chi connectivity index (χ1v) is 9.79. The highest BCUT2D eigenvalue weighted by Crippen LogP contribution is 2.35. The second-order valence-electron chi connectivity index (χ2n) is 7.56. The molecule has 6 heteroatoms. The fourth-order valence-corrected chi connectivity index (χ4v) is 3.97. The van der Waals surface area contributed by atoms with E-state index in [1.54, 1.807) is 17.0 Å². The zero-order valence-electron chi connectivity index (χ0n) is 16.2. The van der Waals surface area contributed by atoms with E-state index in [4.69, 9.17) is 4.74 Å². The molecule has 1 fully saturated rings. The second-order valence-corrected chi connectivity index (χ2v) is 7.56. The first-order chi connectivity index (χ1) is 13.6. The summed E-state index contributed by atoms with van der Waals surface area (Å²) in [6.07, 6.45) is 0.472. The average Bonchev–Trinajstić information content (AvgIpc) is 2.73. The van der Waals surface area contributed by atoms with Crippen molar-refractivity contribution < 1.29 is 13.9 Å². The van der Waals surface area contributed by atoms with Crippen LogP contribution in [0.3, 0.4) is 0 Å². The number of benzene rings is 2. The van der Waals surface area contributed by atoms with Crippen LogP contribution in [-0.4, -0.2) is 67.3 Å². The van der Waals surface area contributed by atoms with Gasteiger partial charge in [-0.2, -0.15) is 0 Å². The normalized spacial score (nSPS) is 20.6. The van der Waals surface area contributed by atoms with Crippen LogP contribution in [0.25, 0.3) is 0 Å². The molecule has 0 N–H and O–H groups in total. The number of piperazine rings is 1. The van der Waals surface area contributed by atoms with Crippen LogP contribution in [0.1, 0.15) is 22.7 Å². The van der Waals surface area contributed by atoms with Gasteiger partial charge in [-0.3, -0.25) is 9.80 Å². The number of nitrogens with zero attached hydrogens (tertiary/aromatic N) is 3. The maximum atomic E-state index is 13.4. The van der Waals surface area contributed by atoms with Gasteiger partial charge in [0.2, 0.25) is 0 Å². The van der Waals surface area contributed by atoms with Crippen LogP contribution >= 0.6 is 0 Å². The van der Waals surface area contributed by atoms with Gasteiger partial charge in [0.05, 0.1) is 6.04 Å². The summed E-state index contributed by atoms with van der Waals surface area (Å²) < 4.78 is 19.1. The lowest BCUT2D eigenvalue weighted by Gasteiger charge is -2.38. The lowest BCUT2D eigenvalue weighted by Crippen LogP contribution is -2.47. The molecule has 0 unspecified atom stereocenters. The molecule has 2 aliphatic heterocycles. The molecule has 0 spiro atoms. The van der Waals surface area contributed by atoms with Crippen molar-refractivity contribution in [2.24, 2.45) is 0 Å². The minimum Gasteiger partial charge on any atom is -0.433 e. The number of likely N-dealkylation sites (N-methyl/N-ethyl adjacent to an activating group) is 1. The summed E-state index contributed by atoms with van der Waals surface area (Å²) >= 11 is 0. The van der Waals surface area contributed by atoms with E-state index in [-0.39, 0.29) is 18.0 Å². The Morgan fingerprint density at radius 3 is 2.50 bits per heavy atom. The number of carbonyl (C=O) groups is 1. The number of rotatable bonds is 3. The van der Waals surface area contributed by atoms with Crippen LogP contribution in [0, 0.1) is 5.82 Å². The smallest absolute Gasteiger partial charge is 0.411 e. The summed E-state index contributed by atoms with van der Waals surface area (Å²) in [4.78, 5) is 19.2. The minimum atomic E-state index is -0.317. The van der Waals surface area contributed by atoms with E-state index < -0.39 is 0 Å². The van der Waals surface area contributed by atoms with Crippen LogP contribution in [0.15, 0.2) is 48.5 Å². The molecule has 0 aliphatic carbocycles. The molecule has 148 valence electrons. The lowest BCUT2D eigenvalue weighted by atomic mass is 9.88. The van der Waals surface area contributed by atoms with E-state index in [0.29, 0.717) is 13.3 Å². The van der Waals surface area contributed by atoms with Crippen molar-refractivity contribution in [3.8, 4) is 0 Å². The highest BCUT2D eigenvalue weighted by atomic mass is 19.1. The summed E-state index contributed by atoms with van der Waals surface area (Å²) in [6, 6.07) is 14.3. The molecule has 1 atom stereocenters. The Hall–Kier alpha value is -2.44. The van der Waals surface area contributed by atoms with E-state index in [1.165, 1.54) is 17.7 Å². The van der Waals surface area contributed by atoms with Gasteiger partial charge < -0.3 is 9.64 Å². The molecule has 2 heterocycles. The van der Waals surface area contributed by atoms with E-state index in [2.05, 4.69) is 22.9 Å². The first-order valence-electron chi connectivity index (χ1n) is 9.79. The van der Waals surface area contributed by atoms with Gasteiger partial charge in [-0.15, -0.1) is 0 Å². The maximum Gasteiger partial charge on any atom is 0.411 e. The average molecular weight is 383 g/mol. The number of amides is 1. The highest BCUT2D eigenvalue weighted by Gasteiger charge is 2.33. The zero-order valence-corrected chi connectivity index (χ0v) is 16.2. The summed E-state index contributed by atoms with van der Waals surface area (Å²) in [5.41, 5.74) is 3.20. The molecule has 2 aliphatic rings. The quantitative estimate of drug-likeness (QED) is 0.816. The molecule has 28 heavy (non-hydrogen) atoms. The molecule has 2 aromatic rings. The summed E-state index contributed by atoms with van der Waals surface area (Å²) in [5.74, 6) is -0.281. The Labute approximate surface area is 165 Å². The predicted octanol–water partition coefficient (Wildman–Crippen LogP) is 3.11. The Balaban J connectivity index is 1.53. The number of ether oxygens (including phenoxy) is 1. The van der Waals surface area contributed by atoms with Crippen molar-refractivity contribution in [1.29, 1.82) is 0 Å². The van der Waals surface area contributed by atoms with Crippen LogP contribution in [-0.2, 0) is 11.2 Å². The van der Waals surface area contributed by atoms with E-state index in [9.17, 15) is 9.18 Å². The topological polar surface area (TPSA) is 36.0 Å². The van der Waals surface area contributed by atoms with E-state index >= 15 is 0 Å². The van der Waals surface area contributed by atoms with Crippen LogP contribution in [0.4, 0.5) is 9.18 Å². The molecule has 0 radical (unpaired) electrons.